The van der Waals surface area contributed by atoms with Crippen LogP contribution < -0.4 is 0 Å². The minimum Gasteiger partial charge on any atom is -0.367 e. The monoisotopic (exact) mass is 348 g/mol. The Morgan fingerprint density at radius 1 is 1.12 bits per heavy atom. The summed E-state index contributed by atoms with van der Waals surface area (Å²) in [5, 5.41) is 0. The molecular formula is C20H20N4O2. The molecule has 6 nitrogen and oxygen atoms in total. The van der Waals surface area contributed by atoms with Crippen LogP contribution >= 0.6 is 0 Å². The first-order valence-corrected chi connectivity index (χ1v) is 8.76. The van der Waals surface area contributed by atoms with Crippen molar-refractivity contribution in [1.82, 2.24) is 19.4 Å². The second-order valence-corrected chi connectivity index (χ2v) is 6.56. The van der Waals surface area contributed by atoms with E-state index < -0.39 is 0 Å². The molecule has 1 saturated heterocycles. The van der Waals surface area contributed by atoms with E-state index in [0.717, 1.165) is 25.9 Å². The number of hydrogen-bond donors (Lipinski definition) is 1. The van der Waals surface area contributed by atoms with Crippen molar-refractivity contribution in [2.45, 2.75) is 25.4 Å². The number of aromatic amines is 1. The molecule has 26 heavy (non-hydrogen) atoms. The maximum Gasteiger partial charge on any atom is 0.254 e. The molecule has 0 aliphatic carbocycles. The summed E-state index contributed by atoms with van der Waals surface area (Å²) in [7, 11) is 0. The standard InChI is InChI=1S/C20H20N4O2/c25-19(17-7-8-21-12-17)15-3-5-16(6-4-15)20(26)24-10-1-2-18(24)13-23-11-9-22-14-23/h3-9,11-12,14,18,21H,1-2,10,13H2. The predicted octanol–water partition coefficient (Wildman–Crippen LogP) is 2.75. The number of likely N-dealkylation sites (tertiary alicyclic amines) is 1. The fourth-order valence-electron chi connectivity index (χ4n) is 3.49. The van der Waals surface area contributed by atoms with Crippen LogP contribution in [0.5, 0.6) is 0 Å². The van der Waals surface area contributed by atoms with Gasteiger partial charge in [-0.25, -0.2) is 4.98 Å². The topological polar surface area (TPSA) is 71.0 Å². The summed E-state index contributed by atoms with van der Waals surface area (Å²) < 4.78 is 2.01. The summed E-state index contributed by atoms with van der Waals surface area (Å²) in [6.07, 6.45) is 10.8. The fourth-order valence-corrected chi connectivity index (χ4v) is 3.49. The summed E-state index contributed by atoms with van der Waals surface area (Å²) in [4.78, 5) is 34.1. The molecule has 0 saturated carbocycles. The van der Waals surface area contributed by atoms with Crippen molar-refractivity contribution in [3.8, 4) is 0 Å². The SMILES string of the molecule is O=C(c1ccc(C(=O)N2CCCC2Cn2ccnc2)cc1)c1cc[nH]c1. The average molecular weight is 348 g/mol. The van der Waals surface area contributed by atoms with E-state index >= 15 is 0 Å². The lowest BCUT2D eigenvalue weighted by atomic mass is 10.0. The Bertz CT molecular complexity index is 883. The first kappa shape index (κ1) is 16.3. The molecule has 1 aliphatic rings. The maximum atomic E-state index is 12.9. The molecule has 1 amide bonds. The zero-order chi connectivity index (χ0) is 17.9. The molecular weight excluding hydrogens is 328 g/mol. The van der Waals surface area contributed by atoms with Crippen LogP contribution in [-0.4, -0.2) is 43.7 Å². The van der Waals surface area contributed by atoms with Gasteiger partial charge in [-0.1, -0.05) is 12.1 Å². The highest BCUT2D eigenvalue weighted by molar-refractivity contribution is 6.09. The van der Waals surface area contributed by atoms with Crippen molar-refractivity contribution in [2.75, 3.05) is 6.54 Å². The number of ketones is 1. The average Bonchev–Trinajstić information content (AvgIpc) is 3.43. The van der Waals surface area contributed by atoms with E-state index in [1.807, 2.05) is 15.7 Å². The number of benzene rings is 1. The summed E-state index contributed by atoms with van der Waals surface area (Å²) in [6.45, 7) is 1.53. The number of aromatic nitrogens is 3. The molecule has 0 radical (unpaired) electrons. The first-order chi connectivity index (χ1) is 12.7. The van der Waals surface area contributed by atoms with Crippen molar-refractivity contribution < 1.29 is 9.59 Å². The Balaban J connectivity index is 1.48. The third-order valence-electron chi connectivity index (χ3n) is 4.87. The maximum absolute atomic E-state index is 12.9. The highest BCUT2D eigenvalue weighted by Crippen LogP contribution is 2.22. The van der Waals surface area contributed by atoms with Crippen molar-refractivity contribution in [3.63, 3.8) is 0 Å². The van der Waals surface area contributed by atoms with Gasteiger partial charge in [-0.3, -0.25) is 9.59 Å². The van der Waals surface area contributed by atoms with E-state index in [-0.39, 0.29) is 17.7 Å². The van der Waals surface area contributed by atoms with Crippen LogP contribution in [0.15, 0.2) is 61.4 Å². The quantitative estimate of drug-likeness (QED) is 0.721. The smallest absolute Gasteiger partial charge is 0.254 e. The van der Waals surface area contributed by atoms with Gasteiger partial charge in [0.1, 0.15) is 0 Å². The number of nitrogens with zero attached hydrogens (tertiary/aromatic N) is 3. The van der Waals surface area contributed by atoms with Gasteiger partial charge in [0.05, 0.1) is 6.33 Å². The lowest BCUT2D eigenvalue weighted by Crippen LogP contribution is -2.37. The lowest BCUT2D eigenvalue weighted by Gasteiger charge is -2.25. The van der Waals surface area contributed by atoms with E-state index in [9.17, 15) is 9.59 Å². The summed E-state index contributed by atoms with van der Waals surface area (Å²) in [6, 6.07) is 8.86. The summed E-state index contributed by atoms with van der Waals surface area (Å²) >= 11 is 0. The molecule has 1 atom stereocenters. The normalized spacial score (nSPS) is 16.8. The van der Waals surface area contributed by atoms with Gasteiger partial charge < -0.3 is 14.5 Å². The second-order valence-electron chi connectivity index (χ2n) is 6.56. The summed E-state index contributed by atoms with van der Waals surface area (Å²) in [5.41, 5.74) is 1.81. The van der Waals surface area contributed by atoms with Crippen LogP contribution in [0.4, 0.5) is 0 Å². The van der Waals surface area contributed by atoms with Crippen molar-refractivity contribution >= 4 is 11.7 Å². The number of nitrogens with one attached hydrogen (secondary N) is 1. The molecule has 1 aromatic carbocycles. The van der Waals surface area contributed by atoms with Crippen LogP contribution in [0.1, 0.15) is 39.1 Å². The molecule has 1 N–H and O–H groups in total. The Morgan fingerprint density at radius 2 is 1.92 bits per heavy atom. The molecule has 3 heterocycles. The number of carbonyl (C=O) groups is 2. The predicted molar refractivity (Wildman–Crippen MR) is 97.0 cm³/mol. The highest BCUT2D eigenvalue weighted by atomic mass is 16.2. The van der Waals surface area contributed by atoms with Crippen molar-refractivity contribution in [2.24, 2.45) is 0 Å². The van der Waals surface area contributed by atoms with Gasteiger partial charge in [0.2, 0.25) is 0 Å². The van der Waals surface area contributed by atoms with E-state index in [0.29, 0.717) is 16.7 Å². The third-order valence-corrected chi connectivity index (χ3v) is 4.87. The number of imidazole rings is 1. The molecule has 4 rings (SSSR count). The van der Waals surface area contributed by atoms with E-state index in [1.54, 1.807) is 55.2 Å². The fraction of sp³-hybridized carbons (Fsp3) is 0.250. The molecule has 6 heteroatoms. The Labute approximate surface area is 151 Å². The first-order valence-electron chi connectivity index (χ1n) is 8.76. The molecule has 0 bridgehead atoms. The Hall–Kier alpha value is -3.15. The summed E-state index contributed by atoms with van der Waals surface area (Å²) in [5.74, 6) is -0.0299. The number of rotatable bonds is 5. The highest BCUT2D eigenvalue weighted by Gasteiger charge is 2.29. The van der Waals surface area contributed by atoms with Gasteiger partial charge in [-0.2, -0.15) is 0 Å². The van der Waals surface area contributed by atoms with E-state index in [4.69, 9.17) is 0 Å². The molecule has 0 spiro atoms. The van der Waals surface area contributed by atoms with Gasteiger partial charge in [0.25, 0.3) is 5.91 Å². The lowest BCUT2D eigenvalue weighted by molar-refractivity contribution is 0.0724. The van der Waals surface area contributed by atoms with Gasteiger partial charge in [-0.05, 0) is 31.0 Å². The Kier molecular flexibility index (Phi) is 4.39. The van der Waals surface area contributed by atoms with Gasteiger partial charge >= 0.3 is 0 Å². The zero-order valence-corrected chi connectivity index (χ0v) is 14.3. The molecule has 1 aliphatic heterocycles. The Morgan fingerprint density at radius 3 is 2.62 bits per heavy atom. The third kappa shape index (κ3) is 3.18. The van der Waals surface area contributed by atoms with Gasteiger partial charge in [0.15, 0.2) is 5.78 Å². The largest absolute Gasteiger partial charge is 0.367 e. The number of H-pyrrole nitrogens is 1. The van der Waals surface area contributed by atoms with Crippen molar-refractivity contribution in [3.05, 3.63) is 78.1 Å². The van der Waals surface area contributed by atoms with Crippen LogP contribution in [0.3, 0.4) is 0 Å². The molecule has 3 aromatic rings. The van der Waals surface area contributed by atoms with Crippen LogP contribution in [-0.2, 0) is 6.54 Å². The van der Waals surface area contributed by atoms with Crippen molar-refractivity contribution in [1.29, 1.82) is 0 Å². The minimum absolute atomic E-state index is 0.0215. The molecule has 132 valence electrons. The van der Waals surface area contributed by atoms with E-state index in [2.05, 4.69) is 9.97 Å². The van der Waals surface area contributed by atoms with Gasteiger partial charge in [-0.15, -0.1) is 0 Å². The molecule has 2 aromatic heterocycles. The molecule has 1 unspecified atom stereocenters. The number of carbonyl (C=O) groups excluding carboxylic acids is 2. The van der Waals surface area contributed by atoms with Crippen LogP contribution in [0.2, 0.25) is 0 Å². The van der Waals surface area contributed by atoms with Crippen LogP contribution in [0, 0.1) is 0 Å². The second kappa shape index (κ2) is 7.00. The minimum atomic E-state index is -0.0515. The number of amides is 1. The number of hydrogen-bond acceptors (Lipinski definition) is 3. The van der Waals surface area contributed by atoms with E-state index in [1.165, 1.54) is 0 Å². The van der Waals surface area contributed by atoms with Crippen LogP contribution in [0.25, 0.3) is 0 Å². The van der Waals surface area contributed by atoms with Gasteiger partial charge in [0, 0.05) is 60.6 Å². The molecule has 1 fully saturated rings. The zero-order valence-electron chi connectivity index (χ0n) is 14.3.